The molecule has 24 heavy (non-hydrogen) atoms. The summed E-state index contributed by atoms with van der Waals surface area (Å²) in [5.41, 5.74) is -1.18. The van der Waals surface area contributed by atoms with Gasteiger partial charge in [0.25, 0.3) is 11.2 Å². The molecular formula is C15H12N4O5. The zero-order valence-corrected chi connectivity index (χ0v) is 12.6. The Balaban J connectivity index is 2.25. The Morgan fingerprint density at radius 2 is 2.21 bits per heavy atom. The van der Waals surface area contributed by atoms with E-state index >= 15 is 0 Å². The Bertz CT molecular complexity index is 897. The molecule has 0 aliphatic rings. The van der Waals surface area contributed by atoms with Gasteiger partial charge in [-0.3, -0.25) is 24.3 Å². The molecule has 0 atom stereocenters. The second-order valence-corrected chi connectivity index (χ2v) is 4.69. The molecule has 1 aromatic heterocycles. The van der Waals surface area contributed by atoms with Gasteiger partial charge in [0.2, 0.25) is 5.91 Å². The van der Waals surface area contributed by atoms with Crippen molar-refractivity contribution in [3.8, 4) is 11.8 Å². The number of benzene rings is 1. The summed E-state index contributed by atoms with van der Waals surface area (Å²) in [7, 11) is 1.48. The quantitative estimate of drug-likeness (QED) is 0.650. The van der Waals surface area contributed by atoms with Gasteiger partial charge in [0.1, 0.15) is 23.9 Å². The molecule has 2 aromatic rings. The molecule has 0 fully saturated rings. The van der Waals surface area contributed by atoms with E-state index in [1.165, 1.54) is 7.11 Å². The lowest BCUT2D eigenvalue weighted by Gasteiger charge is -2.09. The molecule has 1 aromatic carbocycles. The lowest BCUT2D eigenvalue weighted by atomic mass is 10.2. The predicted octanol–water partition coefficient (Wildman–Crippen LogP) is 1.28. The highest BCUT2D eigenvalue weighted by molar-refractivity contribution is 5.90. The van der Waals surface area contributed by atoms with Crippen molar-refractivity contribution in [1.29, 1.82) is 5.26 Å². The van der Waals surface area contributed by atoms with Crippen LogP contribution in [0.2, 0.25) is 0 Å². The van der Waals surface area contributed by atoms with Crippen molar-refractivity contribution in [2.24, 2.45) is 0 Å². The van der Waals surface area contributed by atoms with Crippen LogP contribution < -0.4 is 15.6 Å². The van der Waals surface area contributed by atoms with E-state index < -0.39 is 34.2 Å². The molecule has 0 unspecified atom stereocenters. The van der Waals surface area contributed by atoms with Gasteiger partial charge in [0.15, 0.2) is 0 Å². The number of carbonyl (C=O) groups excluding carboxylic acids is 1. The average molecular weight is 328 g/mol. The van der Waals surface area contributed by atoms with E-state index in [2.05, 4.69) is 5.32 Å². The third-order valence-electron chi connectivity index (χ3n) is 3.07. The fourth-order valence-corrected chi connectivity index (χ4v) is 1.97. The van der Waals surface area contributed by atoms with Crippen LogP contribution in [-0.2, 0) is 11.3 Å². The molecule has 0 aliphatic carbocycles. The number of ether oxygens (including phenoxy) is 1. The number of methoxy groups -OCH3 is 1. The molecule has 9 nitrogen and oxygen atoms in total. The van der Waals surface area contributed by atoms with Crippen molar-refractivity contribution in [2.75, 3.05) is 12.4 Å². The van der Waals surface area contributed by atoms with Gasteiger partial charge in [-0.05, 0) is 12.1 Å². The Hall–Kier alpha value is -3.67. The average Bonchev–Trinajstić information content (AvgIpc) is 2.56. The summed E-state index contributed by atoms with van der Waals surface area (Å²) in [5, 5.41) is 22.3. The summed E-state index contributed by atoms with van der Waals surface area (Å²) in [6.45, 7) is -0.466. The fraction of sp³-hybridized carbons (Fsp3) is 0.133. The molecule has 0 aliphatic heterocycles. The van der Waals surface area contributed by atoms with Crippen LogP contribution >= 0.6 is 0 Å². The Kier molecular flexibility index (Phi) is 4.91. The van der Waals surface area contributed by atoms with Crippen LogP contribution in [0.15, 0.2) is 41.3 Å². The smallest absolute Gasteiger partial charge is 0.287 e. The van der Waals surface area contributed by atoms with Crippen molar-refractivity contribution in [2.45, 2.75) is 6.54 Å². The number of nitrogens with one attached hydrogen (secondary N) is 1. The second-order valence-electron chi connectivity index (χ2n) is 4.69. The van der Waals surface area contributed by atoms with Crippen molar-refractivity contribution in [1.82, 2.24) is 4.57 Å². The molecule has 9 heteroatoms. The van der Waals surface area contributed by atoms with Crippen LogP contribution in [0.3, 0.4) is 0 Å². The number of carbonyl (C=O) groups is 1. The third-order valence-corrected chi connectivity index (χ3v) is 3.07. The van der Waals surface area contributed by atoms with E-state index in [-0.39, 0.29) is 0 Å². The highest BCUT2D eigenvalue weighted by Crippen LogP contribution is 2.16. The number of amides is 1. The largest absolute Gasteiger partial charge is 0.497 e. The number of aromatic nitrogens is 1. The standard InChI is InChI=1S/C15H12N4O5/c1-24-13-4-2-3-11(6-13)17-14(20)9-18-8-12(19(22)23)5-10(7-16)15(18)21/h2-6,8H,9H2,1H3,(H,17,20). The number of hydrogen-bond acceptors (Lipinski definition) is 6. The first kappa shape index (κ1) is 16.7. The van der Waals surface area contributed by atoms with Crippen molar-refractivity contribution < 1.29 is 14.5 Å². The van der Waals surface area contributed by atoms with Gasteiger partial charge in [-0.2, -0.15) is 5.26 Å². The highest BCUT2D eigenvalue weighted by atomic mass is 16.6. The van der Waals surface area contributed by atoms with Gasteiger partial charge in [-0.15, -0.1) is 0 Å². The van der Waals surface area contributed by atoms with E-state index in [0.717, 1.165) is 16.8 Å². The Morgan fingerprint density at radius 3 is 2.83 bits per heavy atom. The zero-order valence-electron chi connectivity index (χ0n) is 12.6. The van der Waals surface area contributed by atoms with Gasteiger partial charge in [0, 0.05) is 17.8 Å². The van der Waals surface area contributed by atoms with Crippen LogP contribution in [0, 0.1) is 21.4 Å². The lowest BCUT2D eigenvalue weighted by molar-refractivity contribution is -0.385. The van der Waals surface area contributed by atoms with Crippen LogP contribution in [-0.4, -0.2) is 22.5 Å². The second kappa shape index (κ2) is 7.06. The first-order valence-electron chi connectivity index (χ1n) is 6.67. The molecule has 122 valence electrons. The summed E-state index contributed by atoms with van der Waals surface area (Å²) in [6.07, 6.45) is 0.925. The van der Waals surface area contributed by atoms with Crippen molar-refractivity contribution in [3.63, 3.8) is 0 Å². The SMILES string of the molecule is COc1cccc(NC(=O)Cn2cc([N+](=O)[O-])cc(C#N)c2=O)c1. The molecule has 0 saturated carbocycles. The van der Waals surface area contributed by atoms with Crippen LogP contribution in [0.1, 0.15) is 5.56 Å². The fourth-order valence-electron chi connectivity index (χ4n) is 1.97. The molecular weight excluding hydrogens is 316 g/mol. The zero-order chi connectivity index (χ0) is 17.7. The van der Waals surface area contributed by atoms with Crippen molar-refractivity contribution >= 4 is 17.3 Å². The van der Waals surface area contributed by atoms with Gasteiger partial charge >= 0.3 is 0 Å². The van der Waals surface area contributed by atoms with Gasteiger partial charge in [-0.1, -0.05) is 6.07 Å². The number of hydrogen-bond donors (Lipinski definition) is 1. The van der Waals surface area contributed by atoms with E-state index in [1.807, 2.05) is 0 Å². The number of pyridine rings is 1. The molecule has 2 rings (SSSR count). The number of anilines is 1. The van der Waals surface area contributed by atoms with E-state index in [1.54, 1.807) is 30.3 Å². The normalized spacial score (nSPS) is 9.83. The maximum atomic E-state index is 12.1. The first-order chi connectivity index (χ1) is 11.4. The maximum absolute atomic E-state index is 12.1. The minimum absolute atomic E-state index is 0.404. The summed E-state index contributed by atoms with van der Waals surface area (Å²) < 4.78 is 5.85. The summed E-state index contributed by atoms with van der Waals surface area (Å²) in [4.78, 5) is 34.1. The van der Waals surface area contributed by atoms with Gasteiger partial charge in [0.05, 0.1) is 18.2 Å². The van der Waals surface area contributed by atoms with E-state index in [0.29, 0.717) is 11.4 Å². The first-order valence-corrected chi connectivity index (χ1v) is 6.67. The molecule has 1 amide bonds. The molecule has 0 radical (unpaired) electrons. The summed E-state index contributed by atoms with van der Waals surface area (Å²) in [5.74, 6) is -0.0400. The topological polar surface area (TPSA) is 127 Å². The van der Waals surface area contributed by atoms with Crippen molar-refractivity contribution in [3.05, 3.63) is 62.6 Å². The Morgan fingerprint density at radius 1 is 1.46 bits per heavy atom. The number of nitrogens with zero attached hydrogens (tertiary/aromatic N) is 3. The minimum atomic E-state index is -0.774. The maximum Gasteiger partial charge on any atom is 0.287 e. The summed E-state index contributed by atoms with van der Waals surface area (Å²) >= 11 is 0. The third kappa shape index (κ3) is 3.75. The lowest BCUT2D eigenvalue weighted by Crippen LogP contribution is -2.29. The molecule has 0 saturated heterocycles. The Labute approximate surface area is 135 Å². The predicted molar refractivity (Wildman–Crippen MR) is 83.7 cm³/mol. The monoisotopic (exact) mass is 328 g/mol. The summed E-state index contributed by atoms with van der Waals surface area (Å²) in [6, 6.07) is 9.02. The minimum Gasteiger partial charge on any atom is -0.497 e. The molecule has 1 N–H and O–H groups in total. The van der Waals surface area contributed by atoms with E-state index in [4.69, 9.17) is 10.00 Å². The van der Waals surface area contributed by atoms with E-state index in [9.17, 15) is 19.7 Å². The van der Waals surface area contributed by atoms with Crippen LogP contribution in [0.4, 0.5) is 11.4 Å². The molecule has 0 bridgehead atoms. The number of rotatable bonds is 5. The van der Waals surface area contributed by atoms with Gasteiger partial charge in [-0.25, -0.2) is 0 Å². The number of nitro groups is 1. The van der Waals surface area contributed by atoms with Crippen LogP contribution in [0.5, 0.6) is 5.75 Å². The highest BCUT2D eigenvalue weighted by Gasteiger charge is 2.15. The molecule has 1 heterocycles. The van der Waals surface area contributed by atoms with Gasteiger partial charge < -0.3 is 10.1 Å². The van der Waals surface area contributed by atoms with Crippen LogP contribution in [0.25, 0.3) is 0 Å². The molecule has 0 spiro atoms. The number of nitriles is 1.